The van der Waals surface area contributed by atoms with E-state index in [1.54, 1.807) is 49.7 Å². The first-order valence-corrected chi connectivity index (χ1v) is 12.5. The van der Waals surface area contributed by atoms with E-state index in [4.69, 9.17) is 13.6 Å². The van der Waals surface area contributed by atoms with Gasteiger partial charge < -0.3 is 18.9 Å². The highest BCUT2D eigenvalue weighted by atomic mass is 32.2. The number of nitrogens with zero attached hydrogens (tertiary/aromatic N) is 2. The number of rotatable bonds is 9. The van der Waals surface area contributed by atoms with Crippen molar-refractivity contribution in [2.45, 2.75) is 11.0 Å². The van der Waals surface area contributed by atoms with E-state index in [-0.39, 0.29) is 17.6 Å². The van der Waals surface area contributed by atoms with Crippen LogP contribution in [0.2, 0.25) is 0 Å². The highest BCUT2D eigenvalue weighted by molar-refractivity contribution is 7.98. The zero-order chi connectivity index (χ0) is 26.3. The number of carbonyl (C=O) groups is 2. The molecule has 190 valence electrons. The largest absolute Gasteiger partial charge is 0.496 e. The number of ether oxygens (including phenoxy) is 1. The number of furan rings is 1. The fraction of sp³-hybridized carbons (Fsp3) is 0.0714. The van der Waals surface area contributed by atoms with Crippen molar-refractivity contribution in [2.75, 3.05) is 12.4 Å². The average Bonchev–Trinajstić information content (AvgIpc) is 3.63. The number of hydrogen-bond acceptors (Lipinski definition) is 8. The van der Waals surface area contributed by atoms with Gasteiger partial charge in [-0.2, -0.15) is 5.10 Å². The smallest absolute Gasteiger partial charge is 0.291 e. The Labute approximate surface area is 221 Å². The second kappa shape index (κ2) is 11.5. The molecule has 0 fully saturated rings. The Kier molecular flexibility index (Phi) is 7.51. The lowest BCUT2D eigenvalue weighted by atomic mass is 10.1. The minimum atomic E-state index is -0.384. The Morgan fingerprint density at radius 3 is 2.63 bits per heavy atom. The minimum absolute atomic E-state index is 0.202. The summed E-state index contributed by atoms with van der Waals surface area (Å²) in [5, 5.41) is 7.36. The Morgan fingerprint density at radius 1 is 1.03 bits per heavy atom. The molecule has 0 atom stereocenters. The van der Waals surface area contributed by atoms with Crippen LogP contribution in [0.3, 0.4) is 0 Å². The third-order valence-corrected chi connectivity index (χ3v) is 6.34. The molecule has 0 aliphatic carbocycles. The van der Waals surface area contributed by atoms with E-state index in [1.807, 2.05) is 42.5 Å². The molecular weight excluding hydrogens is 504 g/mol. The highest BCUT2D eigenvalue weighted by Crippen LogP contribution is 2.30. The minimum Gasteiger partial charge on any atom is -0.496 e. The number of para-hydroxylation sites is 2. The highest BCUT2D eigenvalue weighted by Gasteiger charge is 2.11. The van der Waals surface area contributed by atoms with E-state index in [1.165, 1.54) is 18.0 Å². The van der Waals surface area contributed by atoms with Gasteiger partial charge in [-0.1, -0.05) is 23.9 Å². The van der Waals surface area contributed by atoms with Crippen molar-refractivity contribution < 1.29 is 23.2 Å². The van der Waals surface area contributed by atoms with Crippen LogP contribution in [0.15, 0.2) is 104 Å². The number of hydrogen-bond donors (Lipinski definition) is 2. The van der Waals surface area contributed by atoms with E-state index in [0.29, 0.717) is 22.2 Å². The molecule has 3 aromatic carbocycles. The Hall–Kier alpha value is -4.83. The quantitative estimate of drug-likeness (QED) is 0.143. The van der Waals surface area contributed by atoms with Gasteiger partial charge in [0.15, 0.2) is 11.3 Å². The molecule has 2 N–H and O–H groups in total. The molecule has 2 aromatic heterocycles. The molecule has 0 radical (unpaired) electrons. The monoisotopic (exact) mass is 526 g/mol. The molecule has 38 heavy (non-hydrogen) atoms. The fourth-order valence-electron chi connectivity index (χ4n) is 3.58. The molecule has 9 nitrogen and oxygen atoms in total. The number of nitrogens with one attached hydrogen (secondary N) is 2. The maximum atomic E-state index is 12.5. The van der Waals surface area contributed by atoms with Crippen LogP contribution in [-0.4, -0.2) is 30.1 Å². The van der Waals surface area contributed by atoms with Gasteiger partial charge >= 0.3 is 0 Å². The first kappa shape index (κ1) is 24.8. The Bertz CT molecular complexity index is 1560. The molecule has 5 rings (SSSR count). The molecule has 2 amide bonds. The molecule has 0 saturated carbocycles. The summed E-state index contributed by atoms with van der Waals surface area (Å²) in [7, 11) is 1.62. The number of carbonyl (C=O) groups excluding carboxylic acids is 2. The molecule has 0 aliphatic heterocycles. The third-order valence-electron chi connectivity index (χ3n) is 5.46. The first-order chi connectivity index (χ1) is 18.6. The molecule has 5 aromatic rings. The zero-order valence-electron chi connectivity index (χ0n) is 20.2. The third kappa shape index (κ3) is 5.93. The Balaban J connectivity index is 1.18. The number of amides is 2. The van der Waals surface area contributed by atoms with Gasteiger partial charge in [0.25, 0.3) is 17.0 Å². The number of thioether (sulfide) groups is 1. The molecular formula is C28H22N4O5S. The lowest BCUT2D eigenvalue weighted by molar-refractivity contribution is 0.0954. The van der Waals surface area contributed by atoms with E-state index in [2.05, 4.69) is 20.8 Å². The van der Waals surface area contributed by atoms with Crippen LogP contribution in [0.5, 0.6) is 5.75 Å². The molecule has 0 unspecified atom stereocenters. The number of fused-ring (bicyclic) bond motifs is 1. The van der Waals surface area contributed by atoms with Crippen molar-refractivity contribution in [3.05, 3.63) is 108 Å². The number of benzene rings is 3. The summed E-state index contributed by atoms with van der Waals surface area (Å²) in [6.45, 7) is 0. The molecule has 0 saturated heterocycles. The van der Waals surface area contributed by atoms with Gasteiger partial charge in [0.1, 0.15) is 11.3 Å². The summed E-state index contributed by atoms with van der Waals surface area (Å²) in [4.78, 5) is 29.0. The summed E-state index contributed by atoms with van der Waals surface area (Å²) in [5.74, 6) is 0.752. The van der Waals surface area contributed by atoms with Gasteiger partial charge in [-0.15, -0.1) is 0 Å². The topological polar surface area (TPSA) is 119 Å². The van der Waals surface area contributed by atoms with Crippen molar-refractivity contribution in [2.24, 2.45) is 5.10 Å². The van der Waals surface area contributed by atoms with Gasteiger partial charge in [-0.05, 0) is 72.3 Å². The maximum Gasteiger partial charge on any atom is 0.291 e. The predicted molar refractivity (Wildman–Crippen MR) is 145 cm³/mol. The number of aromatic nitrogens is 1. The van der Waals surface area contributed by atoms with Gasteiger partial charge in [0.2, 0.25) is 0 Å². The SMILES string of the molecule is COc1ccc(C=NNC(=O)c2ccc(NC(=O)c3ccco3)cc2)cc1CSc1nc2ccccc2o1. The second-order valence-corrected chi connectivity index (χ2v) is 8.94. The number of hydrazone groups is 1. The molecule has 0 spiro atoms. The van der Waals surface area contributed by atoms with Gasteiger partial charge in [0.05, 0.1) is 19.6 Å². The second-order valence-electron chi connectivity index (χ2n) is 8.02. The fourth-order valence-corrected chi connectivity index (χ4v) is 4.40. The van der Waals surface area contributed by atoms with Crippen molar-refractivity contribution in [3.63, 3.8) is 0 Å². The summed E-state index contributed by atoms with van der Waals surface area (Å²) in [6, 6.07) is 22.9. The predicted octanol–water partition coefficient (Wildman–Crippen LogP) is 5.74. The van der Waals surface area contributed by atoms with E-state index in [0.717, 1.165) is 28.0 Å². The standard InChI is InChI=1S/C28H22N4O5S/c1-35-23-13-8-18(15-20(23)17-38-28-31-22-5-2-3-6-24(22)37-28)16-29-32-26(33)19-9-11-21(12-10-19)30-27(34)25-7-4-14-36-25/h2-16H,17H2,1H3,(H,30,34)(H,32,33). The summed E-state index contributed by atoms with van der Waals surface area (Å²) in [5.41, 5.74) is 6.72. The normalized spacial score (nSPS) is 11.1. The van der Waals surface area contributed by atoms with Crippen molar-refractivity contribution in [1.29, 1.82) is 0 Å². The summed E-state index contributed by atoms with van der Waals surface area (Å²) in [6.07, 6.45) is 2.98. The zero-order valence-corrected chi connectivity index (χ0v) is 21.0. The van der Waals surface area contributed by atoms with Crippen LogP contribution in [0, 0.1) is 0 Å². The van der Waals surface area contributed by atoms with Gasteiger partial charge in [0, 0.05) is 22.6 Å². The van der Waals surface area contributed by atoms with Gasteiger partial charge in [-0.25, -0.2) is 10.4 Å². The average molecular weight is 527 g/mol. The van der Waals surface area contributed by atoms with E-state index < -0.39 is 0 Å². The lowest BCUT2D eigenvalue weighted by Gasteiger charge is -2.08. The Morgan fingerprint density at radius 2 is 1.87 bits per heavy atom. The summed E-state index contributed by atoms with van der Waals surface area (Å²) >= 11 is 1.46. The lowest BCUT2D eigenvalue weighted by Crippen LogP contribution is -2.17. The maximum absolute atomic E-state index is 12.5. The summed E-state index contributed by atoms with van der Waals surface area (Å²) < 4.78 is 16.3. The first-order valence-electron chi connectivity index (χ1n) is 11.5. The van der Waals surface area contributed by atoms with E-state index in [9.17, 15) is 9.59 Å². The molecule has 10 heteroatoms. The molecule has 0 bridgehead atoms. The van der Waals surface area contributed by atoms with Crippen molar-refractivity contribution in [3.8, 4) is 5.75 Å². The number of oxazole rings is 1. The van der Waals surface area contributed by atoms with Crippen LogP contribution < -0.4 is 15.5 Å². The van der Waals surface area contributed by atoms with Crippen LogP contribution in [0.1, 0.15) is 32.0 Å². The van der Waals surface area contributed by atoms with Gasteiger partial charge in [-0.3, -0.25) is 9.59 Å². The van der Waals surface area contributed by atoms with Crippen molar-refractivity contribution >= 4 is 46.6 Å². The van der Waals surface area contributed by atoms with Crippen LogP contribution in [0.25, 0.3) is 11.1 Å². The van der Waals surface area contributed by atoms with Crippen LogP contribution in [0.4, 0.5) is 5.69 Å². The number of anilines is 1. The number of methoxy groups -OCH3 is 1. The molecule has 0 aliphatic rings. The van der Waals surface area contributed by atoms with Crippen LogP contribution >= 0.6 is 11.8 Å². The van der Waals surface area contributed by atoms with Crippen LogP contribution in [-0.2, 0) is 5.75 Å². The van der Waals surface area contributed by atoms with E-state index >= 15 is 0 Å². The molecule has 2 heterocycles. The van der Waals surface area contributed by atoms with Crippen molar-refractivity contribution in [1.82, 2.24) is 10.4 Å².